The predicted molar refractivity (Wildman–Crippen MR) is 154 cm³/mol. The number of carboxylic acids is 2. The first kappa shape index (κ1) is 33.0. The van der Waals surface area contributed by atoms with Crippen LogP contribution in [0.25, 0.3) is 15.9 Å². The largest absolute Gasteiger partial charge is 0.490 e. The van der Waals surface area contributed by atoms with Crippen molar-refractivity contribution in [2.45, 2.75) is 38.0 Å². The Morgan fingerprint density at radius 1 is 1.02 bits per heavy atom. The normalized spacial score (nSPS) is 16.7. The average molecular weight is 662 g/mol. The van der Waals surface area contributed by atoms with E-state index < -0.39 is 41.4 Å². The number of piperidine rings is 1. The van der Waals surface area contributed by atoms with E-state index in [9.17, 15) is 36.2 Å². The maximum Gasteiger partial charge on any atom is 0.490 e. The summed E-state index contributed by atoms with van der Waals surface area (Å²) < 4.78 is 82.6. The summed E-state index contributed by atoms with van der Waals surface area (Å²) in [6.45, 7) is 7.64. The van der Waals surface area contributed by atoms with Gasteiger partial charge in [0.15, 0.2) is 23.1 Å². The quantitative estimate of drug-likeness (QED) is 0.175. The number of pyridine rings is 1. The summed E-state index contributed by atoms with van der Waals surface area (Å²) in [5.74, 6) is -5.51. The lowest BCUT2D eigenvalue weighted by Crippen LogP contribution is -2.36. The van der Waals surface area contributed by atoms with Crippen molar-refractivity contribution in [3.05, 3.63) is 88.3 Å². The van der Waals surface area contributed by atoms with Crippen molar-refractivity contribution in [3.63, 3.8) is 0 Å². The lowest BCUT2D eigenvalue weighted by atomic mass is 9.90. The molecule has 0 amide bonds. The number of carboxylic acid groups (broad SMARTS) is 2. The first-order valence-corrected chi connectivity index (χ1v) is 14.0. The summed E-state index contributed by atoms with van der Waals surface area (Å²) >= 11 is 0. The van der Waals surface area contributed by atoms with Crippen LogP contribution in [0.1, 0.15) is 46.9 Å². The van der Waals surface area contributed by atoms with Crippen LogP contribution in [0.15, 0.2) is 42.5 Å². The molecule has 2 aliphatic rings. The van der Waals surface area contributed by atoms with Gasteiger partial charge in [-0.3, -0.25) is 0 Å². The SMILES string of the molecule is O=C(O)C(F)(F)F.[C-]#[N+]c1ccc(COc2nc(N3CCC4(CC3)CC4c3nc4ccc(C(=O)O)cc4n3C)c(F)cc2F)c(F)c1. The number of fused-ring (bicyclic) bond motifs is 1. The van der Waals surface area contributed by atoms with E-state index in [1.54, 1.807) is 23.1 Å². The van der Waals surface area contributed by atoms with Crippen molar-refractivity contribution >= 4 is 34.5 Å². The van der Waals surface area contributed by atoms with E-state index in [4.69, 9.17) is 26.2 Å². The molecule has 6 rings (SSSR count). The van der Waals surface area contributed by atoms with Crippen molar-refractivity contribution in [1.82, 2.24) is 14.5 Å². The van der Waals surface area contributed by atoms with Gasteiger partial charge in [0, 0.05) is 37.7 Å². The fraction of sp³-hybridized carbons (Fsp3) is 0.323. The monoisotopic (exact) mass is 661 g/mol. The molecule has 1 unspecified atom stereocenters. The number of aliphatic carboxylic acids is 1. The molecule has 3 heterocycles. The maximum absolute atomic E-state index is 14.8. The molecule has 0 bridgehead atoms. The van der Waals surface area contributed by atoms with Gasteiger partial charge >= 0.3 is 18.1 Å². The number of carbonyl (C=O) groups is 2. The summed E-state index contributed by atoms with van der Waals surface area (Å²) in [4.78, 5) is 34.1. The molecule has 1 aliphatic heterocycles. The lowest BCUT2D eigenvalue weighted by molar-refractivity contribution is -0.192. The minimum atomic E-state index is -5.08. The zero-order chi connectivity index (χ0) is 34.3. The third-order valence-electron chi connectivity index (χ3n) is 8.37. The van der Waals surface area contributed by atoms with E-state index in [0.717, 1.165) is 48.3 Å². The van der Waals surface area contributed by atoms with Crippen molar-refractivity contribution < 1.29 is 50.9 Å². The molecule has 1 atom stereocenters. The number of halogens is 6. The number of aromatic carboxylic acids is 1. The second-order valence-corrected chi connectivity index (χ2v) is 11.2. The Labute approximate surface area is 262 Å². The molecule has 10 nitrogen and oxygen atoms in total. The van der Waals surface area contributed by atoms with Gasteiger partial charge in [-0.25, -0.2) is 32.6 Å². The number of rotatable bonds is 6. The smallest absolute Gasteiger partial charge is 0.478 e. The molecule has 2 fully saturated rings. The number of hydrogen-bond acceptors (Lipinski definition) is 6. The van der Waals surface area contributed by atoms with Crippen LogP contribution in [0.5, 0.6) is 5.88 Å². The Hall–Kier alpha value is -5.33. The fourth-order valence-electron chi connectivity index (χ4n) is 5.71. The van der Waals surface area contributed by atoms with Gasteiger partial charge in [0.25, 0.3) is 5.88 Å². The Bertz CT molecular complexity index is 1910. The van der Waals surface area contributed by atoms with Gasteiger partial charge in [-0.2, -0.15) is 18.2 Å². The predicted octanol–water partition coefficient (Wildman–Crippen LogP) is 6.62. The summed E-state index contributed by atoms with van der Waals surface area (Å²) in [5.41, 5.74) is 1.99. The third kappa shape index (κ3) is 6.79. The van der Waals surface area contributed by atoms with E-state index in [-0.39, 0.29) is 40.6 Å². The van der Waals surface area contributed by atoms with Gasteiger partial charge in [-0.05, 0) is 48.9 Å². The molecule has 1 aliphatic carbocycles. The highest BCUT2D eigenvalue weighted by atomic mass is 19.4. The lowest BCUT2D eigenvalue weighted by Gasteiger charge is -2.34. The van der Waals surface area contributed by atoms with Crippen LogP contribution in [0.4, 0.5) is 37.8 Å². The van der Waals surface area contributed by atoms with Crippen LogP contribution >= 0.6 is 0 Å². The molecule has 0 radical (unpaired) electrons. The van der Waals surface area contributed by atoms with E-state index in [1.165, 1.54) is 12.1 Å². The second-order valence-electron chi connectivity index (χ2n) is 11.2. The molecule has 2 aromatic heterocycles. The molecule has 1 saturated heterocycles. The highest BCUT2D eigenvalue weighted by molar-refractivity contribution is 5.92. The minimum Gasteiger partial charge on any atom is -0.478 e. The Balaban J connectivity index is 0.000000559. The van der Waals surface area contributed by atoms with E-state index >= 15 is 0 Å². The van der Waals surface area contributed by atoms with Crippen LogP contribution in [-0.2, 0) is 18.4 Å². The summed E-state index contributed by atoms with van der Waals surface area (Å²) in [7, 11) is 1.89. The number of nitrogens with zero attached hydrogens (tertiary/aromatic N) is 5. The highest BCUT2D eigenvalue weighted by Gasteiger charge is 2.57. The minimum absolute atomic E-state index is 0.00608. The first-order valence-electron chi connectivity index (χ1n) is 14.0. The average Bonchev–Trinajstić information content (AvgIpc) is 3.61. The number of aryl methyl sites for hydroxylation is 1. The maximum atomic E-state index is 14.8. The zero-order valence-electron chi connectivity index (χ0n) is 24.5. The standard InChI is InChI=1S/C29H24F3N5O3.C2HF3O2/c1-33-18-5-3-17(20(30)12-18)15-40-27-22(32)13-21(31)26(35-27)37-9-7-29(8-10-37)14-19(29)25-34-23-6-4-16(28(38)39)11-24(23)36(25)2;3-2(4,5)1(6)7/h3-6,11-13,19H,7-10,14-15H2,2H3,(H,38,39);(H,6,7). The van der Waals surface area contributed by atoms with Crippen molar-refractivity contribution in [1.29, 1.82) is 0 Å². The topological polar surface area (TPSA) is 122 Å². The van der Waals surface area contributed by atoms with Gasteiger partial charge in [-0.15, -0.1) is 0 Å². The number of imidazole rings is 1. The fourth-order valence-corrected chi connectivity index (χ4v) is 5.71. The van der Waals surface area contributed by atoms with Crippen LogP contribution in [0.2, 0.25) is 0 Å². The number of benzene rings is 2. The van der Waals surface area contributed by atoms with Crippen LogP contribution < -0.4 is 9.64 Å². The van der Waals surface area contributed by atoms with Gasteiger partial charge in [-0.1, -0.05) is 12.1 Å². The molecule has 16 heteroatoms. The number of ether oxygens (including phenoxy) is 1. The Morgan fingerprint density at radius 3 is 2.30 bits per heavy atom. The van der Waals surface area contributed by atoms with E-state index in [1.807, 2.05) is 11.6 Å². The van der Waals surface area contributed by atoms with Crippen molar-refractivity contribution in [2.24, 2.45) is 12.5 Å². The van der Waals surface area contributed by atoms with Crippen LogP contribution in [0, 0.1) is 29.4 Å². The van der Waals surface area contributed by atoms with Crippen LogP contribution in [0.3, 0.4) is 0 Å². The van der Waals surface area contributed by atoms with E-state index in [0.29, 0.717) is 13.1 Å². The second kappa shape index (κ2) is 12.5. The summed E-state index contributed by atoms with van der Waals surface area (Å²) in [5, 5.41) is 16.5. The number of alkyl halides is 3. The molecule has 2 N–H and O–H groups in total. The molecule has 4 aromatic rings. The molecule has 2 aromatic carbocycles. The molecule has 1 spiro atoms. The third-order valence-corrected chi connectivity index (χ3v) is 8.37. The van der Waals surface area contributed by atoms with Gasteiger partial charge < -0.3 is 24.4 Å². The van der Waals surface area contributed by atoms with Crippen molar-refractivity contribution in [2.75, 3.05) is 18.0 Å². The summed E-state index contributed by atoms with van der Waals surface area (Å²) in [6, 6.07) is 9.52. The molecule has 47 heavy (non-hydrogen) atoms. The number of hydrogen-bond donors (Lipinski definition) is 2. The van der Waals surface area contributed by atoms with Crippen LogP contribution in [-0.4, -0.2) is 56.0 Å². The molecular formula is C31H25F6N5O5. The van der Waals surface area contributed by atoms with E-state index in [2.05, 4.69) is 9.83 Å². The molecule has 1 saturated carbocycles. The Morgan fingerprint density at radius 2 is 1.70 bits per heavy atom. The molecular weight excluding hydrogens is 636 g/mol. The summed E-state index contributed by atoms with van der Waals surface area (Å²) in [6.07, 6.45) is -2.64. The highest BCUT2D eigenvalue weighted by Crippen LogP contribution is 2.65. The zero-order valence-corrected chi connectivity index (χ0v) is 24.5. The van der Waals surface area contributed by atoms with Gasteiger partial charge in [0.1, 0.15) is 18.2 Å². The number of anilines is 1. The first-order chi connectivity index (χ1) is 22.1. The van der Waals surface area contributed by atoms with Crippen molar-refractivity contribution in [3.8, 4) is 5.88 Å². The molecule has 246 valence electrons. The Kier molecular flexibility index (Phi) is 8.76. The van der Waals surface area contributed by atoms with Gasteiger partial charge in [0.05, 0.1) is 23.2 Å². The van der Waals surface area contributed by atoms with Gasteiger partial charge in [0.2, 0.25) is 0 Å². The number of aromatic nitrogens is 3.